The molecule has 2 aromatic carbocycles. The number of carbonyl (C=O) groups is 1. The third kappa shape index (κ3) is 3.90. The molecule has 1 fully saturated rings. The largest absolute Gasteiger partial charge is 0.481 e. The third-order valence-corrected chi connectivity index (χ3v) is 6.96. The molecule has 4 aromatic rings. The van der Waals surface area contributed by atoms with Crippen LogP contribution in [0.5, 0.6) is 5.75 Å². The van der Waals surface area contributed by atoms with Crippen molar-refractivity contribution in [3.8, 4) is 34.2 Å². The first-order chi connectivity index (χ1) is 18.3. The van der Waals surface area contributed by atoms with E-state index < -0.39 is 11.6 Å². The highest BCUT2D eigenvalue weighted by atomic mass is 19.1. The van der Waals surface area contributed by atoms with Gasteiger partial charge < -0.3 is 25.2 Å². The molecule has 0 unspecified atom stereocenters. The van der Waals surface area contributed by atoms with Crippen LogP contribution in [-0.2, 0) is 4.79 Å². The van der Waals surface area contributed by atoms with Crippen molar-refractivity contribution >= 4 is 28.4 Å². The van der Waals surface area contributed by atoms with E-state index in [-0.39, 0.29) is 46.7 Å². The average molecular weight is 517 g/mol. The Hall–Kier alpha value is -4.56. The standard InChI is InChI=1S/C27H22F2N6O3/c1-13-17-9-20(29)18(10-21(17)38-34-13)23-24(14-2-3-15(11-30)19(28)8-14)33-27(35-6-4-16(31)5-7-35)25-26(23)37-12-22(36)32-25/h2-3,8-10,16H,4-7,12,31H2,1H3,(H,32,36). The number of hydrogen-bond acceptors (Lipinski definition) is 8. The Bertz CT molecular complexity index is 1650. The van der Waals surface area contributed by atoms with Gasteiger partial charge in [0.25, 0.3) is 5.91 Å². The Balaban J connectivity index is 1.66. The highest BCUT2D eigenvalue weighted by Crippen LogP contribution is 2.49. The Kier molecular flexibility index (Phi) is 5.69. The summed E-state index contributed by atoms with van der Waals surface area (Å²) in [5, 5.41) is 16.5. The first kappa shape index (κ1) is 23.8. The van der Waals surface area contributed by atoms with Crippen molar-refractivity contribution in [3.05, 3.63) is 53.2 Å². The molecule has 2 aromatic heterocycles. The van der Waals surface area contributed by atoms with Gasteiger partial charge in [0.05, 0.1) is 22.5 Å². The number of nitrogens with one attached hydrogen (secondary N) is 1. The molecule has 0 saturated carbocycles. The van der Waals surface area contributed by atoms with Gasteiger partial charge in [-0.1, -0.05) is 11.2 Å². The number of nitrogens with zero attached hydrogens (tertiary/aromatic N) is 4. The van der Waals surface area contributed by atoms with Gasteiger partial charge in [-0.05, 0) is 44.0 Å². The van der Waals surface area contributed by atoms with E-state index in [1.807, 2.05) is 4.90 Å². The number of pyridine rings is 1. The molecule has 6 rings (SSSR count). The minimum Gasteiger partial charge on any atom is -0.481 e. The lowest BCUT2D eigenvalue weighted by molar-refractivity contribution is -0.118. The fraction of sp³-hybridized carbons (Fsp3) is 0.259. The number of halogens is 2. The van der Waals surface area contributed by atoms with E-state index in [9.17, 15) is 14.4 Å². The van der Waals surface area contributed by atoms with E-state index >= 15 is 4.39 Å². The summed E-state index contributed by atoms with van der Waals surface area (Å²) >= 11 is 0. The minimum atomic E-state index is -0.739. The van der Waals surface area contributed by atoms with Gasteiger partial charge in [0.1, 0.15) is 23.4 Å². The van der Waals surface area contributed by atoms with Crippen LogP contribution in [0.25, 0.3) is 33.4 Å². The molecule has 2 aliphatic heterocycles. The number of fused-ring (bicyclic) bond motifs is 2. The van der Waals surface area contributed by atoms with Gasteiger partial charge >= 0.3 is 0 Å². The molecule has 0 atom stereocenters. The topological polar surface area (TPSA) is 130 Å². The molecular formula is C27H22F2N6O3. The molecule has 192 valence electrons. The molecule has 0 spiro atoms. The second-order valence-electron chi connectivity index (χ2n) is 9.43. The number of carbonyl (C=O) groups excluding carboxylic acids is 1. The number of rotatable bonds is 3. The van der Waals surface area contributed by atoms with Crippen LogP contribution in [-0.4, -0.2) is 41.8 Å². The Labute approximate surface area is 215 Å². The molecule has 38 heavy (non-hydrogen) atoms. The van der Waals surface area contributed by atoms with Crippen molar-refractivity contribution in [1.82, 2.24) is 10.1 Å². The summed E-state index contributed by atoms with van der Waals surface area (Å²) in [6.45, 7) is 2.57. The summed E-state index contributed by atoms with van der Waals surface area (Å²) in [5.74, 6) is -1.09. The van der Waals surface area contributed by atoms with E-state index in [1.165, 1.54) is 24.3 Å². The second-order valence-corrected chi connectivity index (χ2v) is 9.43. The highest BCUT2D eigenvalue weighted by Gasteiger charge is 2.33. The molecule has 0 bridgehead atoms. The number of hydrogen-bond donors (Lipinski definition) is 2. The predicted molar refractivity (Wildman–Crippen MR) is 136 cm³/mol. The van der Waals surface area contributed by atoms with E-state index in [0.717, 1.165) is 0 Å². The first-order valence-corrected chi connectivity index (χ1v) is 12.1. The summed E-state index contributed by atoms with van der Waals surface area (Å²) < 4.78 is 41.8. The number of anilines is 2. The van der Waals surface area contributed by atoms with Crippen LogP contribution < -0.4 is 20.7 Å². The van der Waals surface area contributed by atoms with Gasteiger partial charge in [0.15, 0.2) is 23.8 Å². The molecule has 1 amide bonds. The van der Waals surface area contributed by atoms with Crippen molar-refractivity contribution in [2.45, 2.75) is 25.8 Å². The van der Waals surface area contributed by atoms with Crippen molar-refractivity contribution in [2.24, 2.45) is 5.73 Å². The summed E-state index contributed by atoms with van der Waals surface area (Å²) in [7, 11) is 0. The van der Waals surface area contributed by atoms with Crippen LogP contribution >= 0.6 is 0 Å². The lowest BCUT2D eigenvalue weighted by Crippen LogP contribution is -2.41. The summed E-state index contributed by atoms with van der Waals surface area (Å²) in [5.41, 5.74) is 7.98. The zero-order valence-electron chi connectivity index (χ0n) is 20.3. The smallest absolute Gasteiger partial charge is 0.262 e. The molecule has 4 heterocycles. The van der Waals surface area contributed by atoms with Gasteiger partial charge in [-0.3, -0.25) is 4.79 Å². The van der Waals surface area contributed by atoms with Crippen LogP contribution in [0.1, 0.15) is 24.1 Å². The van der Waals surface area contributed by atoms with Gasteiger partial charge in [0, 0.05) is 35.6 Å². The zero-order chi connectivity index (χ0) is 26.6. The molecule has 2 aliphatic rings. The number of benzene rings is 2. The maximum Gasteiger partial charge on any atom is 0.262 e. The van der Waals surface area contributed by atoms with Gasteiger partial charge in [-0.2, -0.15) is 5.26 Å². The number of amides is 1. The summed E-state index contributed by atoms with van der Waals surface area (Å²) in [6, 6.07) is 8.73. The average Bonchev–Trinajstić information content (AvgIpc) is 3.27. The monoisotopic (exact) mass is 516 g/mol. The van der Waals surface area contributed by atoms with E-state index in [2.05, 4.69) is 10.5 Å². The van der Waals surface area contributed by atoms with Crippen LogP contribution in [0.15, 0.2) is 34.9 Å². The predicted octanol–water partition coefficient (Wildman–Crippen LogP) is 4.27. The quantitative estimate of drug-likeness (QED) is 0.413. The van der Waals surface area contributed by atoms with Crippen LogP contribution in [0.2, 0.25) is 0 Å². The van der Waals surface area contributed by atoms with Crippen molar-refractivity contribution in [2.75, 3.05) is 29.9 Å². The van der Waals surface area contributed by atoms with Gasteiger partial charge in [-0.25, -0.2) is 13.8 Å². The SMILES string of the molecule is Cc1noc2cc(-c3c(-c4ccc(C#N)c(F)c4)nc(N4CCC(N)CC4)c4c3OCC(=O)N4)c(F)cc12. The van der Waals surface area contributed by atoms with Crippen molar-refractivity contribution < 1.29 is 22.8 Å². The Morgan fingerprint density at radius 1 is 1.18 bits per heavy atom. The number of nitriles is 1. The molecule has 3 N–H and O–H groups in total. The number of nitrogens with two attached hydrogens (primary N) is 1. The van der Waals surface area contributed by atoms with E-state index in [1.54, 1.807) is 19.1 Å². The lowest BCUT2D eigenvalue weighted by atomic mass is 9.94. The molecule has 11 heteroatoms. The zero-order valence-corrected chi connectivity index (χ0v) is 20.3. The maximum absolute atomic E-state index is 15.7. The summed E-state index contributed by atoms with van der Waals surface area (Å²) in [6.07, 6.45) is 1.42. The molecule has 1 saturated heterocycles. The van der Waals surface area contributed by atoms with E-state index in [4.69, 9.17) is 20.0 Å². The van der Waals surface area contributed by atoms with E-state index in [0.29, 0.717) is 59.7 Å². The highest BCUT2D eigenvalue weighted by molar-refractivity contribution is 6.04. The Morgan fingerprint density at radius 3 is 2.71 bits per heavy atom. The van der Waals surface area contributed by atoms with Gasteiger partial charge in [-0.15, -0.1) is 0 Å². The first-order valence-electron chi connectivity index (χ1n) is 12.1. The summed E-state index contributed by atoms with van der Waals surface area (Å²) in [4.78, 5) is 19.2. The minimum absolute atomic E-state index is 0.0467. The fourth-order valence-corrected chi connectivity index (χ4v) is 4.94. The third-order valence-electron chi connectivity index (χ3n) is 6.96. The second kappa shape index (κ2) is 9.08. The van der Waals surface area contributed by atoms with Crippen LogP contribution in [0.3, 0.4) is 0 Å². The Morgan fingerprint density at radius 2 is 1.97 bits per heavy atom. The van der Waals surface area contributed by atoms with Gasteiger partial charge in [0.2, 0.25) is 0 Å². The lowest BCUT2D eigenvalue weighted by Gasteiger charge is -2.34. The van der Waals surface area contributed by atoms with Crippen molar-refractivity contribution in [1.29, 1.82) is 5.26 Å². The maximum atomic E-state index is 15.7. The molecule has 0 radical (unpaired) electrons. The number of aromatic nitrogens is 2. The van der Waals surface area contributed by atoms with Crippen molar-refractivity contribution in [3.63, 3.8) is 0 Å². The number of piperidine rings is 1. The fourth-order valence-electron chi connectivity index (χ4n) is 4.94. The number of aryl methyl sites for hydroxylation is 1. The normalized spacial score (nSPS) is 15.7. The molecule has 0 aliphatic carbocycles. The molecule has 9 nitrogen and oxygen atoms in total. The van der Waals surface area contributed by atoms with Crippen LogP contribution in [0, 0.1) is 29.9 Å². The number of ether oxygens (including phenoxy) is 1. The van der Waals surface area contributed by atoms with Crippen LogP contribution in [0.4, 0.5) is 20.3 Å². The molecular weight excluding hydrogens is 494 g/mol.